The van der Waals surface area contributed by atoms with Crippen molar-refractivity contribution in [2.24, 2.45) is 5.92 Å². The topological polar surface area (TPSA) is 101 Å². The maximum atomic E-state index is 12.5. The number of halogens is 1. The molecule has 9 heteroatoms. The van der Waals surface area contributed by atoms with E-state index >= 15 is 0 Å². The van der Waals surface area contributed by atoms with Crippen molar-refractivity contribution in [3.63, 3.8) is 0 Å². The third-order valence-corrected chi connectivity index (χ3v) is 5.97. The zero-order valence-corrected chi connectivity index (χ0v) is 12.8. The van der Waals surface area contributed by atoms with Gasteiger partial charge in [-0.25, -0.2) is 8.42 Å². The molecule has 0 bridgehead atoms. The zero-order chi connectivity index (χ0) is 15.8. The molecule has 1 aliphatic heterocycles. The maximum Gasteiger partial charge on any atom is 0.271 e. The van der Waals surface area contributed by atoms with E-state index in [1.54, 1.807) is 0 Å². The lowest BCUT2D eigenvalue weighted by Crippen LogP contribution is -2.45. The second kappa shape index (κ2) is 5.88. The SMILES string of the molecule is CC1CCN(S(=O)(=O)c2ccc([N+](=O)[O-])cc2Cl)CC1O. The molecule has 2 rings (SSSR count). The van der Waals surface area contributed by atoms with Gasteiger partial charge in [0, 0.05) is 25.2 Å². The number of nitro benzene ring substituents is 1. The third kappa shape index (κ3) is 3.18. The summed E-state index contributed by atoms with van der Waals surface area (Å²) in [5.74, 6) is 0.0313. The number of hydrogen-bond donors (Lipinski definition) is 1. The molecule has 0 aromatic heterocycles. The quantitative estimate of drug-likeness (QED) is 0.669. The minimum absolute atomic E-state index is 0.00316. The zero-order valence-electron chi connectivity index (χ0n) is 11.3. The first kappa shape index (κ1) is 16.2. The van der Waals surface area contributed by atoms with Crippen LogP contribution in [0.3, 0.4) is 0 Å². The van der Waals surface area contributed by atoms with Crippen LogP contribution in [-0.2, 0) is 10.0 Å². The van der Waals surface area contributed by atoms with Crippen LogP contribution < -0.4 is 0 Å². The maximum absolute atomic E-state index is 12.5. The summed E-state index contributed by atoms with van der Waals surface area (Å²) < 4.78 is 26.2. The molecule has 21 heavy (non-hydrogen) atoms. The van der Waals surface area contributed by atoms with Gasteiger partial charge in [0.1, 0.15) is 4.90 Å². The van der Waals surface area contributed by atoms with E-state index in [4.69, 9.17) is 11.6 Å². The monoisotopic (exact) mass is 334 g/mol. The van der Waals surface area contributed by atoms with E-state index in [0.717, 1.165) is 22.5 Å². The molecule has 1 aromatic rings. The van der Waals surface area contributed by atoms with Crippen LogP contribution in [0.25, 0.3) is 0 Å². The molecule has 1 aromatic carbocycles. The fraction of sp³-hybridized carbons (Fsp3) is 0.500. The van der Waals surface area contributed by atoms with Crippen LogP contribution in [0.1, 0.15) is 13.3 Å². The highest BCUT2D eigenvalue weighted by Crippen LogP contribution is 2.30. The summed E-state index contributed by atoms with van der Waals surface area (Å²) in [4.78, 5) is 9.82. The molecule has 1 saturated heterocycles. The molecule has 0 amide bonds. The van der Waals surface area contributed by atoms with Crippen molar-refractivity contribution in [3.05, 3.63) is 33.3 Å². The highest BCUT2D eigenvalue weighted by Gasteiger charge is 2.34. The number of non-ortho nitro benzene ring substituents is 1. The number of β-amino-alcohol motifs (C(OH)–C–C–N with tert-alkyl or cyclic N) is 1. The van der Waals surface area contributed by atoms with Crippen LogP contribution in [0.5, 0.6) is 0 Å². The van der Waals surface area contributed by atoms with E-state index in [1.807, 2.05) is 6.92 Å². The largest absolute Gasteiger partial charge is 0.391 e. The van der Waals surface area contributed by atoms with Crippen LogP contribution in [0.2, 0.25) is 5.02 Å². The molecule has 1 N–H and O–H groups in total. The van der Waals surface area contributed by atoms with Gasteiger partial charge in [-0.15, -0.1) is 0 Å². The Labute approximate surface area is 127 Å². The molecule has 0 aliphatic carbocycles. The lowest BCUT2D eigenvalue weighted by molar-refractivity contribution is -0.384. The van der Waals surface area contributed by atoms with Crippen LogP contribution in [0.15, 0.2) is 23.1 Å². The molecule has 1 aliphatic rings. The Hall–Kier alpha value is -1.22. The van der Waals surface area contributed by atoms with Crippen LogP contribution in [0, 0.1) is 16.0 Å². The van der Waals surface area contributed by atoms with Gasteiger partial charge in [0.05, 0.1) is 16.0 Å². The number of nitrogens with zero attached hydrogens (tertiary/aromatic N) is 2. The molecule has 116 valence electrons. The molecule has 0 radical (unpaired) electrons. The lowest BCUT2D eigenvalue weighted by atomic mass is 9.98. The minimum atomic E-state index is -3.87. The summed E-state index contributed by atoms with van der Waals surface area (Å²) in [6.07, 6.45) is -0.185. The van der Waals surface area contributed by atoms with E-state index in [1.165, 1.54) is 0 Å². The smallest absolute Gasteiger partial charge is 0.271 e. The summed E-state index contributed by atoms with van der Waals surface area (Å²) >= 11 is 5.87. The first-order chi connectivity index (χ1) is 9.73. The lowest BCUT2D eigenvalue weighted by Gasteiger charge is -2.33. The number of benzene rings is 1. The second-order valence-corrected chi connectivity index (χ2v) is 7.38. The fourth-order valence-electron chi connectivity index (χ4n) is 2.19. The highest BCUT2D eigenvalue weighted by atomic mass is 35.5. The van der Waals surface area contributed by atoms with Gasteiger partial charge in [0.25, 0.3) is 5.69 Å². The van der Waals surface area contributed by atoms with Gasteiger partial charge in [-0.1, -0.05) is 18.5 Å². The number of sulfonamides is 1. The van der Waals surface area contributed by atoms with Gasteiger partial charge in [-0.3, -0.25) is 10.1 Å². The first-order valence-corrected chi connectivity index (χ1v) is 8.17. The van der Waals surface area contributed by atoms with Gasteiger partial charge in [-0.05, 0) is 18.4 Å². The number of aliphatic hydroxyl groups excluding tert-OH is 1. The average molecular weight is 335 g/mol. The van der Waals surface area contributed by atoms with E-state index in [0.29, 0.717) is 6.42 Å². The Kier molecular flexibility index (Phi) is 4.52. The Bertz CT molecular complexity index is 664. The van der Waals surface area contributed by atoms with Crippen LogP contribution in [0.4, 0.5) is 5.69 Å². The summed E-state index contributed by atoms with van der Waals surface area (Å²) in [5, 5.41) is 20.3. The molecular formula is C12H15ClN2O5S. The Morgan fingerprint density at radius 2 is 2.14 bits per heavy atom. The molecular weight excluding hydrogens is 320 g/mol. The summed E-state index contributed by atoms with van der Waals surface area (Å²) in [6.45, 7) is 2.14. The van der Waals surface area contributed by atoms with Crippen molar-refractivity contribution in [1.82, 2.24) is 4.31 Å². The molecule has 7 nitrogen and oxygen atoms in total. The molecule has 0 spiro atoms. The van der Waals surface area contributed by atoms with Crippen molar-refractivity contribution < 1.29 is 18.4 Å². The van der Waals surface area contributed by atoms with Crippen molar-refractivity contribution in [2.45, 2.75) is 24.3 Å². The first-order valence-electron chi connectivity index (χ1n) is 6.35. The van der Waals surface area contributed by atoms with Crippen LogP contribution >= 0.6 is 11.6 Å². The summed E-state index contributed by atoms with van der Waals surface area (Å²) in [6, 6.07) is 3.24. The molecule has 1 fully saturated rings. The highest BCUT2D eigenvalue weighted by molar-refractivity contribution is 7.89. The summed E-state index contributed by atoms with van der Waals surface area (Å²) in [5.41, 5.74) is -0.272. The van der Waals surface area contributed by atoms with E-state index < -0.39 is 21.1 Å². The Balaban J connectivity index is 2.34. The standard InChI is InChI=1S/C12H15ClN2O5S/c1-8-4-5-14(7-11(8)16)21(19,20)12-3-2-9(15(17)18)6-10(12)13/h2-3,6,8,11,16H,4-5,7H2,1H3. The van der Waals surface area contributed by atoms with E-state index in [2.05, 4.69) is 0 Å². The number of piperidine rings is 1. The molecule has 1 heterocycles. The fourth-order valence-corrected chi connectivity index (χ4v) is 4.18. The van der Waals surface area contributed by atoms with E-state index in [9.17, 15) is 23.6 Å². The number of rotatable bonds is 3. The van der Waals surface area contributed by atoms with E-state index in [-0.39, 0.29) is 34.6 Å². The van der Waals surface area contributed by atoms with Crippen molar-refractivity contribution in [1.29, 1.82) is 0 Å². The van der Waals surface area contributed by atoms with Gasteiger partial charge in [-0.2, -0.15) is 4.31 Å². The third-order valence-electron chi connectivity index (χ3n) is 3.63. The van der Waals surface area contributed by atoms with Crippen molar-refractivity contribution in [3.8, 4) is 0 Å². The summed E-state index contributed by atoms with van der Waals surface area (Å²) in [7, 11) is -3.87. The number of hydrogen-bond acceptors (Lipinski definition) is 5. The van der Waals surface area contributed by atoms with Gasteiger partial charge < -0.3 is 5.11 Å². The van der Waals surface area contributed by atoms with Crippen molar-refractivity contribution in [2.75, 3.05) is 13.1 Å². The Morgan fingerprint density at radius 1 is 1.48 bits per heavy atom. The van der Waals surface area contributed by atoms with Crippen LogP contribution in [-0.4, -0.2) is 41.9 Å². The minimum Gasteiger partial charge on any atom is -0.391 e. The van der Waals surface area contributed by atoms with Crippen molar-refractivity contribution >= 4 is 27.3 Å². The average Bonchev–Trinajstić information content (AvgIpc) is 2.41. The van der Waals surface area contributed by atoms with Gasteiger partial charge >= 0.3 is 0 Å². The van der Waals surface area contributed by atoms with Gasteiger partial charge in [0.15, 0.2) is 0 Å². The molecule has 2 unspecified atom stereocenters. The second-order valence-electron chi connectivity index (χ2n) is 5.07. The molecule has 0 saturated carbocycles. The van der Waals surface area contributed by atoms with Gasteiger partial charge in [0.2, 0.25) is 10.0 Å². The normalized spacial score (nSPS) is 24.0. The Morgan fingerprint density at radius 3 is 2.67 bits per heavy atom. The predicted molar refractivity (Wildman–Crippen MR) is 76.7 cm³/mol. The molecule has 2 atom stereocenters. The number of nitro groups is 1. The number of aliphatic hydroxyl groups is 1. The predicted octanol–water partition coefficient (Wildman–Crippen LogP) is 1.64.